The maximum Gasteiger partial charge on any atom is 0.237 e. The second-order valence-electron chi connectivity index (χ2n) is 5.55. The number of ether oxygens (including phenoxy) is 1. The van der Waals surface area contributed by atoms with Crippen LogP contribution >= 0.6 is 11.8 Å². The highest BCUT2D eigenvalue weighted by Gasteiger charge is 2.17. The van der Waals surface area contributed by atoms with Gasteiger partial charge in [-0.2, -0.15) is 4.98 Å². The molecule has 0 aliphatic rings. The molecule has 0 saturated heterocycles. The molecule has 0 saturated carbocycles. The fourth-order valence-corrected chi connectivity index (χ4v) is 2.87. The first-order chi connectivity index (χ1) is 12.6. The molecule has 0 spiro atoms. The summed E-state index contributed by atoms with van der Waals surface area (Å²) in [6.45, 7) is 2.28. The van der Waals surface area contributed by atoms with Crippen LogP contribution in [0.25, 0.3) is 0 Å². The number of aromatic nitrogens is 3. The van der Waals surface area contributed by atoms with Crippen molar-refractivity contribution in [2.24, 2.45) is 0 Å². The zero-order chi connectivity index (χ0) is 18.4. The number of H-pyrrole nitrogens is 1. The number of rotatable bonds is 7. The summed E-state index contributed by atoms with van der Waals surface area (Å²) in [5.74, 6) is 0.827. The molecule has 8 heteroatoms. The van der Waals surface area contributed by atoms with Crippen molar-refractivity contribution >= 4 is 29.3 Å². The number of carbonyl (C=O) groups excluding carboxylic acids is 1. The Labute approximate surface area is 155 Å². The fourth-order valence-electron chi connectivity index (χ4n) is 2.14. The zero-order valence-corrected chi connectivity index (χ0v) is 15.0. The highest BCUT2D eigenvalue weighted by molar-refractivity contribution is 8.00. The molecule has 1 heterocycles. The summed E-state index contributed by atoms with van der Waals surface area (Å²) < 4.78 is 5.73. The van der Waals surface area contributed by atoms with E-state index in [1.165, 1.54) is 11.8 Å². The zero-order valence-electron chi connectivity index (χ0n) is 14.2. The van der Waals surface area contributed by atoms with Gasteiger partial charge in [0.15, 0.2) is 0 Å². The molecule has 3 rings (SSSR count). The molecule has 3 aromatic rings. The molecule has 134 valence electrons. The van der Waals surface area contributed by atoms with Gasteiger partial charge >= 0.3 is 0 Å². The van der Waals surface area contributed by atoms with Gasteiger partial charge < -0.3 is 15.8 Å². The number of benzene rings is 2. The van der Waals surface area contributed by atoms with Gasteiger partial charge in [0.25, 0.3) is 0 Å². The lowest BCUT2D eigenvalue weighted by atomic mass is 10.2. The van der Waals surface area contributed by atoms with Crippen LogP contribution in [-0.2, 0) is 11.4 Å². The quantitative estimate of drug-likeness (QED) is 0.553. The van der Waals surface area contributed by atoms with Crippen LogP contribution in [0, 0.1) is 0 Å². The van der Waals surface area contributed by atoms with Crippen LogP contribution in [-0.4, -0.2) is 26.3 Å². The molecule has 0 unspecified atom stereocenters. The third-order valence-corrected chi connectivity index (χ3v) is 4.46. The Morgan fingerprint density at radius 2 is 1.96 bits per heavy atom. The van der Waals surface area contributed by atoms with Crippen molar-refractivity contribution < 1.29 is 9.53 Å². The summed E-state index contributed by atoms with van der Waals surface area (Å²) in [7, 11) is 0. The molecule has 1 atom stereocenters. The van der Waals surface area contributed by atoms with Gasteiger partial charge in [-0.25, -0.2) is 5.10 Å². The van der Waals surface area contributed by atoms with E-state index in [0.29, 0.717) is 17.5 Å². The topological polar surface area (TPSA) is 106 Å². The highest BCUT2D eigenvalue weighted by Crippen LogP contribution is 2.22. The average molecular weight is 369 g/mol. The Bertz CT molecular complexity index is 852. The minimum Gasteiger partial charge on any atom is -0.489 e. The molecule has 1 aromatic heterocycles. The van der Waals surface area contributed by atoms with Crippen molar-refractivity contribution in [2.45, 2.75) is 23.9 Å². The summed E-state index contributed by atoms with van der Waals surface area (Å²) in [6.07, 6.45) is 0. The maximum atomic E-state index is 12.3. The van der Waals surface area contributed by atoms with Crippen molar-refractivity contribution in [3.8, 4) is 5.75 Å². The molecule has 4 N–H and O–H groups in total. The van der Waals surface area contributed by atoms with Crippen LogP contribution in [0.1, 0.15) is 12.5 Å². The van der Waals surface area contributed by atoms with E-state index in [1.54, 1.807) is 19.1 Å². The van der Waals surface area contributed by atoms with Crippen LogP contribution in [0.5, 0.6) is 5.75 Å². The third-order valence-electron chi connectivity index (χ3n) is 3.50. The minimum atomic E-state index is -0.362. The number of anilines is 2. The second kappa shape index (κ2) is 8.39. The Kier molecular flexibility index (Phi) is 5.75. The first kappa shape index (κ1) is 17.8. The Hall–Kier alpha value is -3.00. The van der Waals surface area contributed by atoms with Gasteiger partial charge in [-0.1, -0.05) is 42.1 Å². The van der Waals surface area contributed by atoms with Gasteiger partial charge in [-0.3, -0.25) is 4.79 Å². The van der Waals surface area contributed by atoms with E-state index in [-0.39, 0.29) is 17.1 Å². The molecule has 7 nitrogen and oxygen atoms in total. The van der Waals surface area contributed by atoms with E-state index in [1.807, 2.05) is 42.5 Å². The van der Waals surface area contributed by atoms with E-state index < -0.39 is 0 Å². The number of nitrogens with zero attached hydrogens (tertiary/aromatic N) is 2. The number of carbonyl (C=O) groups is 1. The van der Waals surface area contributed by atoms with E-state index in [4.69, 9.17) is 10.5 Å². The van der Waals surface area contributed by atoms with Crippen molar-refractivity contribution in [3.63, 3.8) is 0 Å². The monoisotopic (exact) mass is 369 g/mol. The molecule has 0 aliphatic carbocycles. The molecule has 0 aliphatic heterocycles. The molecular weight excluding hydrogens is 350 g/mol. The van der Waals surface area contributed by atoms with Gasteiger partial charge in [-0.15, -0.1) is 5.10 Å². The van der Waals surface area contributed by atoms with E-state index >= 15 is 0 Å². The van der Waals surface area contributed by atoms with Gasteiger partial charge in [0.05, 0.1) is 5.25 Å². The van der Waals surface area contributed by atoms with Gasteiger partial charge in [-0.05, 0) is 36.8 Å². The number of nitrogen functional groups attached to an aromatic ring is 1. The number of nitrogens with two attached hydrogens (primary N) is 1. The molecular formula is C18H19N5O2S. The summed E-state index contributed by atoms with van der Waals surface area (Å²) >= 11 is 1.23. The number of thioether (sulfide) groups is 1. The number of aromatic amines is 1. The van der Waals surface area contributed by atoms with Crippen molar-refractivity contribution in [1.29, 1.82) is 0 Å². The molecule has 0 fully saturated rings. The SMILES string of the molecule is C[C@H](Sc1n[nH]c(N)n1)C(=O)Nc1ccc(OCc2ccccc2)cc1. The van der Waals surface area contributed by atoms with Crippen molar-refractivity contribution in [3.05, 3.63) is 60.2 Å². The lowest BCUT2D eigenvalue weighted by Gasteiger charge is -2.11. The number of nitrogens with one attached hydrogen (secondary N) is 2. The van der Waals surface area contributed by atoms with E-state index in [0.717, 1.165) is 11.3 Å². The first-order valence-electron chi connectivity index (χ1n) is 8.02. The van der Waals surface area contributed by atoms with Crippen LogP contribution in [0.15, 0.2) is 59.8 Å². The molecule has 1 amide bonds. The smallest absolute Gasteiger partial charge is 0.237 e. The Balaban J connectivity index is 1.50. The van der Waals surface area contributed by atoms with Gasteiger partial charge in [0, 0.05) is 5.69 Å². The average Bonchev–Trinajstić information content (AvgIpc) is 3.06. The van der Waals surface area contributed by atoms with Crippen molar-refractivity contribution in [1.82, 2.24) is 15.2 Å². The summed E-state index contributed by atoms with van der Waals surface area (Å²) in [5.41, 5.74) is 7.27. The Morgan fingerprint density at radius 1 is 1.23 bits per heavy atom. The lowest BCUT2D eigenvalue weighted by Crippen LogP contribution is -2.22. The molecule has 0 bridgehead atoms. The summed E-state index contributed by atoms with van der Waals surface area (Å²) in [6, 6.07) is 17.2. The van der Waals surface area contributed by atoms with Crippen LogP contribution in [0.4, 0.5) is 11.6 Å². The van der Waals surface area contributed by atoms with Crippen LogP contribution < -0.4 is 15.8 Å². The normalized spacial score (nSPS) is 11.7. The second-order valence-corrected chi connectivity index (χ2v) is 6.86. The standard InChI is InChI=1S/C18H19N5O2S/c1-12(26-18-21-17(19)22-23-18)16(24)20-14-7-9-15(10-8-14)25-11-13-5-3-2-4-6-13/h2-10,12H,11H2,1H3,(H,20,24)(H3,19,21,22,23)/t12-/m0/s1. The van der Waals surface area contributed by atoms with Gasteiger partial charge in [0.2, 0.25) is 17.0 Å². The largest absolute Gasteiger partial charge is 0.489 e. The third kappa shape index (κ3) is 5.00. The Morgan fingerprint density at radius 3 is 2.62 bits per heavy atom. The minimum absolute atomic E-state index is 0.142. The number of hydrogen-bond donors (Lipinski definition) is 3. The maximum absolute atomic E-state index is 12.3. The summed E-state index contributed by atoms with van der Waals surface area (Å²) in [4.78, 5) is 16.2. The predicted molar refractivity (Wildman–Crippen MR) is 102 cm³/mol. The van der Waals surface area contributed by atoms with Crippen LogP contribution in [0.3, 0.4) is 0 Å². The molecule has 26 heavy (non-hydrogen) atoms. The predicted octanol–water partition coefficient (Wildman–Crippen LogP) is 3.09. The van der Waals surface area contributed by atoms with E-state index in [2.05, 4.69) is 20.5 Å². The highest BCUT2D eigenvalue weighted by atomic mass is 32.2. The van der Waals surface area contributed by atoms with Crippen LogP contribution in [0.2, 0.25) is 0 Å². The van der Waals surface area contributed by atoms with Gasteiger partial charge in [0.1, 0.15) is 12.4 Å². The first-order valence-corrected chi connectivity index (χ1v) is 8.90. The lowest BCUT2D eigenvalue weighted by molar-refractivity contribution is -0.115. The number of amides is 1. The van der Waals surface area contributed by atoms with Crippen molar-refractivity contribution in [2.75, 3.05) is 11.1 Å². The summed E-state index contributed by atoms with van der Waals surface area (Å²) in [5, 5.41) is 9.39. The molecule has 2 aromatic carbocycles. The fraction of sp³-hybridized carbons (Fsp3) is 0.167. The van der Waals surface area contributed by atoms with E-state index in [9.17, 15) is 4.79 Å². The molecule has 0 radical (unpaired) electrons. The number of hydrogen-bond acceptors (Lipinski definition) is 6.